The summed E-state index contributed by atoms with van der Waals surface area (Å²) in [5, 5.41) is 17.8. The normalized spacial score (nSPS) is 10.2. The molecule has 4 heteroatoms. The van der Waals surface area contributed by atoms with Gasteiger partial charge in [-0.25, -0.2) is 0 Å². The second kappa shape index (κ2) is 4.69. The minimum absolute atomic E-state index is 0.0247. The lowest BCUT2D eigenvalue weighted by Crippen LogP contribution is -2.00. The molecule has 72 valence electrons. The Labute approximate surface area is 76.6 Å². The summed E-state index contributed by atoms with van der Waals surface area (Å²) >= 11 is 0. The summed E-state index contributed by atoms with van der Waals surface area (Å²) in [6.07, 6.45) is 0. The van der Waals surface area contributed by atoms with Gasteiger partial charge in [0.15, 0.2) is 0 Å². The van der Waals surface area contributed by atoms with E-state index in [1.807, 2.05) is 0 Å². The highest BCUT2D eigenvalue weighted by Crippen LogP contribution is 2.20. The van der Waals surface area contributed by atoms with Crippen LogP contribution in [0.1, 0.15) is 5.56 Å². The Kier molecular flexibility index (Phi) is 3.54. The van der Waals surface area contributed by atoms with Crippen LogP contribution in [0.15, 0.2) is 18.2 Å². The van der Waals surface area contributed by atoms with Crippen molar-refractivity contribution in [2.75, 3.05) is 18.9 Å². The number of benzene rings is 1. The molecule has 0 aliphatic rings. The van der Waals surface area contributed by atoms with E-state index in [1.165, 1.54) is 6.07 Å². The van der Waals surface area contributed by atoms with Crippen molar-refractivity contribution < 1.29 is 14.9 Å². The van der Waals surface area contributed by atoms with E-state index >= 15 is 0 Å². The second-order valence-electron chi connectivity index (χ2n) is 2.66. The average molecular weight is 183 g/mol. The maximum Gasteiger partial charge on any atom is 0.121 e. The fraction of sp³-hybridized carbons (Fsp3) is 0.333. The third-order valence-corrected chi connectivity index (χ3v) is 1.60. The smallest absolute Gasteiger partial charge is 0.121 e. The van der Waals surface area contributed by atoms with E-state index in [0.29, 0.717) is 11.3 Å². The number of phenols is 1. The quantitative estimate of drug-likeness (QED) is 0.360. The number of rotatable bonds is 4. The summed E-state index contributed by atoms with van der Waals surface area (Å²) in [6, 6.07) is 4.78. The van der Waals surface area contributed by atoms with Crippen LogP contribution in [0.5, 0.6) is 5.75 Å². The number of phenolic OH excluding ortho intramolecular Hbond substituents is 1. The van der Waals surface area contributed by atoms with E-state index < -0.39 is 0 Å². The largest absolute Gasteiger partial charge is 0.508 e. The molecule has 0 amide bonds. The fourth-order valence-electron chi connectivity index (χ4n) is 0.968. The molecule has 1 rings (SSSR count). The van der Waals surface area contributed by atoms with E-state index in [-0.39, 0.29) is 25.6 Å². The molecule has 0 spiro atoms. The van der Waals surface area contributed by atoms with Crippen LogP contribution in [0.2, 0.25) is 0 Å². The first-order valence-electron chi connectivity index (χ1n) is 4.00. The third-order valence-electron chi connectivity index (χ3n) is 1.60. The van der Waals surface area contributed by atoms with Gasteiger partial charge in [0.05, 0.1) is 19.8 Å². The lowest BCUT2D eigenvalue weighted by Gasteiger charge is -2.05. The number of aliphatic hydroxyl groups excluding tert-OH is 1. The fourth-order valence-corrected chi connectivity index (χ4v) is 0.968. The summed E-state index contributed by atoms with van der Waals surface area (Å²) in [4.78, 5) is 0. The van der Waals surface area contributed by atoms with E-state index in [0.717, 1.165) is 0 Å². The maximum atomic E-state index is 9.34. The van der Waals surface area contributed by atoms with Gasteiger partial charge in [0, 0.05) is 11.3 Å². The number of aromatic hydroxyl groups is 1. The molecule has 1 aromatic carbocycles. The van der Waals surface area contributed by atoms with Crippen LogP contribution in [0.4, 0.5) is 5.69 Å². The van der Waals surface area contributed by atoms with Crippen LogP contribution in [-0.2, 0) is 11.3 Å². The molecule has 13 heavy (non-hydrogen) atoms. The van der Waals surface area contributed by atoms with Gasteiger partial charge in [-0.15, -0.1) is 0 Å². The standard InChI is InChI=1S/C9H13NO3/c10-8-1-2-9(12)7(5-8)6-13-4-3-11/h1-2,5,11-12H,3-4,6,10H2. The number of anilines is 1. The number of hydrogen-bond acceptors (Lipinski definition) is 4. The molecule has 4 nitrogen and oxygen atoms in total. The molecule has 0 aliphatic heterocycles. The molecule has 0 radical (unpaired) electrons. The maximum absolute atomic E-state index is 9.34. The Hall–Kier alpha value is -1.26. The molecule has 0 saturated heterocycles. The van der Waals surface area contributed by atoms with E-state index in [2.05, 4.69) is 0 Å². The number of hydrogen-bond donors (Lipinski definition) is 3. The minimum atomic E-state index is -0.0247. The van der Waals surface area contributed by atoms with Crippen molar-refractivity contribution in [1.29, 1.82) is 0 Å². The Bertz CT molecular complexity index is 276. The van der Waals surface area contributed by atoms with Crippen LogP contribution in [0, 0.1) is 0 Å². The molecule has 4 N–H and O–H groups in total. The molecule has 0 unspecified atom stereocenters. The molecule has 0 bridgehead atoms. The molecule has 0 saturated carbocycles. The number of nitrogens with two attached hydrogens (primary N) is 1. The number of nitrogen functional groups attached to an aromatic ring is 1. The summed E-state index contributed by atoms with van der Waals surface area (Å²) in [5.41, 5.74) is 6.73. The number of ether oxygens (including phenoxy) is 1. The highest BCUT2D eigenvalue weighted by Gasteiger charge is 2.00. The van der Waals surface area contributed by atoms with Crippen LogP contribution >= 0.6 is 0 Å². The molecular formula is C9H13NO3. The first-order valence-corrected chi connectivity index (χ1v) is 4.00. The minimum Gasteiger partial charge on any atom is -0.508 e. The van der Waals surface area contributed by atoms with Crippen molar-refractivity contribution in [3.8, 4) is 5.75 Å². The predicted octanol–water partition coefficient (Wildman–Crippen LogP) is 0.483. The van der Waals surface area contributed by atoms with E-state index in [1.54, 1.807) is 12.1 Å². The van der Waals surface area contributed by atoms with Gasteiger partial charge in [0.1, 0.15) is 5.75 Å². The lowest BCUT2D eigenvalue weighted by atomic mass is 10.2. The van der Waals surface area contributed by atoms with Crippen molar-refractivity contribution in [2.24, 2.45) is 0 Å². The first kappa shape index (κ1) is 9.83. The van der Waals surface area contributed by atoms with Crippen molar-refractivity contribution in [2.45, 2.75) is 6.61 Å². The highest BCUT2D eigenvalue weighted by atomic mass is 16.5. The predicted molar refractivity (Wildman–Crippen MR) is 49.3 cm³/mol. The zero-order valence-corrected chi connectivity index (χ0v) is 7.23. The third kappa shape index (κ3) is 2.93. The van der Waals surface area contributed by atoms with Gasteiger partial charge in [-0.05, 0) is 18.2 Å². The molecular weight excluding hydrogens is 170 g/mol. The molecule has 0 aliphatic carbocycles. The SMILES string of the molecule is Nc1ccc(O)c(COCCO)c1. The zero-order chi connectivity index (χ0) is 9.68. The summed E-state index contributed by atoms with van der Waals surface area (Å²) < 4.78 is 5.04. The zero-order valence-electron chi connectivity index (χ0n) is 7.23. The van der Waals surface area contributed by atoms with Crippen molar-refractivity contribution in [3.63, 3.8) is 0 Å². The average Bonchev–Trinajstić information content (AvgIpc) is 2.11. The van der Waals surface area contributed by atoms with Crippen molar-refractivity contribution in [1.82, 2.24) is 0 Å². The van der Waals surface area contributed by atoms with Crippen LogP contribution in [0.25, 0.3) is 0 Å². The molecule has 0 aromatic heterocycles. The Morgan fingerprint density at radius 1 is 1.38 bits per heavy atom. The Morgan fingerprint density at radius 3 is 2.85 bits per heavy atom. The second-order valence-corrected chi connectivity index (χ2v) is 2.66. The van der Waals surface area contributed by atoms with Crippen molar-refractivity contribution >= 4 is 5.69 Å². The summed E-state index contributed by atoms with van der Waals surface area (Å²) in [6.45, 7) is 0.495. The topological polar surface area (TPSA) is 75.7 Å². The molecule has 1 aromatic rings. The van der Waals surface area contributed by atoms with E-state index in [9.17, 15) is 5.11 Å². The summed E-state index contributed by atoms with van der Waals surface area (Å²) in [5.74, 6) is 0.159. The first-order chi connectivity index (χ1) is 6.24. The van der Waals surface area contributed by atoms with Gasteiger partial charge in [-0.1, -0.05) is 0 Å². The molecule has 0 atom stereocenters. The van der Waals surface area contributed by atoms with E-state index in [4.69, 9.17) is 15.6 Å². The van der Waals surface area contributed by atoms with Gasteiger partial charge in [0.2, 0.25) is 0 Å². The van der Waals surface area contributed by atoms with Gasteiger partial charge < -0.3 is 20.7 Å². The lowest BCUT2D eigenvalue weighted by molar-refractivity contribution is 0.0804. The Balaban J connectivity index is 2.59. The number of aliphatic hydroxyl groups is 1. The van der Waals surface area contributed by atoms with Crippen molar-refractivity contribution in [3.05, 3.63) is 23.8 Å². The molecule has 0 heterocycles. The monoisotopic (exact) mass is 183 g/mol. The van der Waals surface area contributed by atoms with Crippen LogP contribution in [0.3, 0.4) is 0 Å². The summed E-state index contributed by atoms with van der Waals surface area (Å²) in [7, 11) is 0. The van der Waals surface area contributed by atoms with Crippen LogP contribution in [-0.4, -0.2) is 23.4 Å². The van der Waals surface area contributed by atoms with Gasteiger partial charge in [-0.2, -0.15) is 0 Å². The molecule has 0 fully saturated rings. The highest BCUT2D eigenvalue weighted by molar-refractivity contribution is 5.46. The van der Waals surface area contributed by atoms with Gasteiger partial charge >= 0.3 is 0 Å². The Morgan fingerprint density at radius 2 is 2.15 bits per heavy atom. The van der Waals surface area contributed by atoms with Gasteiger partial charge in [0.25, 0.3) is 0 Å². The van der Waals surface area contributed by atoms with Crippen LogP contribution < -0.4 is 5.73 Å². The van der Waals surface area contributed by atoms with Gasteiger partial charge in [-0.3, -0.25) is 0 Å².